The third-order valence-electron chi connectivity index (χ3n) is 3.47. The maximum Gasteiger partial charge on any atom is 0.119 e. The second-order valence-electron chi connectivity index (χ2n) is 5.35. The van der Waals surface area contributed by atoms with Crippen molar-refractivity contribution in [2.24, 2.45) is 0 Å². The van der Waals surface area contributed by atoms with Gasteiger partial charge in [-0.05, 0) is 34.7 Å². The fraction of sp³-hybridized carbons (Fsp3) is 0.375. The Labute approximate surface area is 103 Å². The number of aromatic hydroxyl groups is 1. The molecule has 0 aliphatic carbocycles. The highest BCUT2D eigenvalue weighted by Crippen LogP contribution is 2.37. The van der Waals surface area contributed by atoms with Crippen molar-refractivity contribution in [2.75, 3.05) is 0 Å². The molecule has 1 nitrogen and oxygen atoms in total. The highest BCUT2D eigenvalue weighted by molar-refractivity contribution is 5.85. The maximum absolute atomic E-state index is 10.2. The SMILES string of the molecule is CCCC(C)(C)c1cc2ccccc2cc1O. The average molecular weight is 228 g/mol. The summed E-state index contributed by atoms with van der Waals surface area (Å²) in [5, 5.41) is 12.5. The standard InChI is InChI=1S/C16H20O/c1-4-9-16(2,3)14-10-12-7-5-6-8-13(12)11-15(14)17/h5-8,10-11,17H,4,9H2,1-3H3. The summed E-state index contributed by atoms with van der Waals surface area (Å²) < 4.78 is 0. The molecule has 2 rings (SSSR count). The van der Waals surface area contributed by atoms with Gasteiger partial charge in [-0.15, -0.1) is 0 Å². The number of hydrogen-bond acceptors (Lipinski definition) is 1. The number of phenolic OH excluding ortho intramolecular Hbond substituents is 1. The molecule has 90 valence electrons. The third kappa shape index (κ3) is 2.28. The number of hydrogen-bond donors (Lipinski definition) is 1. The van der Waals surface area contributed by atoms with E-state index in [0.717, 1.165) is 23.8 Å². The smallest absolute Gasteiger partial charge is 0.119 e. The average Bonchev–Trinajstić information content (AvgIpc) is 2.27. The van der Waals surface area contributed by atoms with Gasteiger partial charge in [-0.2, -0.15) is 0 Å². The third-order valence-corrected chi connectivity index (χ3v) is 3.47. The molecule has 0 saturated heterocycles. The molecule has 0 aliphatic heterocycles. The van der Waals surface area contributed by atoms with Gasteiger partial charge in [-0.1, -0.05) is 51.5 Å². The predicted molar refractivity (Wildman–Crippen MR) is 73.5 cm³/mol. The predicted octanol–water partition coefficient (Wildman–Crippen LogP) is 4.62. The van der Waals surface area contributed by atoms with Gasteiger partial charge >= 0.3 is 0 Å². The normalized spacial score (nSPS) is 11.9. The van der Waals surface area contributed by atoms with E-state index in [1.807, 2.05) is 24.3 Å². The molecule has 2 aromatic carbocycles. The van der Waals surface area contributed by atoms with Gasteiger partial charge in [-0.3, -0.25) is 0 Å². The molecule has 17 heavy (non-hydrogen) atoms. The van der Waals surface area contributed by atoms with E-state index in [9.17, 15) is 5.11 Å². The van der Waals surface area contributed by atoms with E-state index in [4.69, 9.17) is 0 Å². The Morgan fingerprint density at radius 3 is 2.24 bits per heavy atom. The molecule has 0 atom stereocenters. The topological polar surface area (TPSA) is 20.2 Å². The highest BCUT2D eigenvalue weighted by atomic mass is 16.3. The quantitative estimate of drug-likeness (QED) is 0.812. The molecule has 0 heterocycles. The lowest BCUT2D eigenvalue weighted by atomic mass is 9.79. The number of benzene rings is 2. The van der Waals surface area contributed by atoms with Crippen molar-refractivity contribution in [3.63, 3.8) is 0 Å². The van der Waals surface area contributed by atoms with Crippen LogP contribution in [0.15, 0.2) is 36.4 Å². The van der Waals surface area contributed by atoms with Gasteiger partial charge in [0, 0.05) is 5.56 Å². The Morgan fingerprint density at radius 2 is 1.65 bits per heavy atom. The molecule has 0 saturated carbocycles. The van der Waals surface area contributed by atoms with Gasteiger partial charge in [0.25, 0.3) is 0 Å². The van der Waals surface area contributed by atoms with E-state index in [2.05, 4.69) is 32.9 Å². The van der Waals surface area contributed by atoms with E-state index >= 15 is 0 Å². The molecule has 2 aromatic rings. The lowest BCUT2D eigenvalue weighted by Gasteiger charge is -2.26. The van der Waals surface area contributed by atoms with Crippen LogP contribution in [-0.4, -0.2) is 5.11 Å². The molecular formula is C16H20O. The highest BCUT2D eigenvalue weighted by Gasteiger charge is 2.23. The number of rotatable bonds is 3. The van der Waals surface area contributed by atoms with Crippen LogP contribution in [0.25, 0.3) is 10.8 Å². The summed E-state index contributed by atoms with van der Waals surface area (Å²) in [6.45, 7) is 6.57. The molecule has 0 amide bonds. The molecule has 0 aromatic heterocycles. The Balaban J connectivity index is 2.58. The lowest BCUT2D eigenvalue weighted by molar-refractivity contribution is 0.418. The van der Waals surface area contributed by atoms with Crippen molar-refractivity contribution in [2.45, 2.75) is 39.0 Å². The van der Waals surface area contributed by atoms with E-state index in [1.165, 1.54) is 5.39 Å². The first-order chi connectivity index (χ1) is 8.04. The second kappa shape index (κ2) is 4.40. The van der Waals surface area contributed by atoms with Gasteiger partial charge < -0.3 is 5.11 Å². The zero-order chi connectivity index (χ0) is 12.5. The molecule has 0 unspecified atom stereocenters. The van der Waals surface area contributed by atoms with Crippen molar-refractivity contribution in [3.05, 3.63) is 42.0 Å². The summed E-state index contributed by atoms with van der Waals surface area (Å²) in [4.78, 5) is 0. The van der Waals surface area contributed by atoms with E-state index in [-0.39, 0.29) is 5.41 Å². The van der Waals surface area contributed by atoms with Gasteiger partial charge in [0.15, 0.2) is 0 Å². The summed E-state index contributed by atoms with van der Waals surface area (Å²) in [7, 11) is 0. The molecule has 0 radical (unpaired) electrons. The van der Waals surface area contributed by atoms with Crippen LogP contribution >= 0.6 is 0 Å². The van der Waals surface area contributed by atoms with Gasteiger partial charge in [-0.25, -0.2) is 0 Å². The zero-order valence-corrected chi connectivity index (χ0v) is 10.8. The fourth-order valence-corrected chi connectivity index (χ4v) is 2.53. The lowest BCUT2D eigenvalue weighted by Crippen LogP contribution is -2.16. The van der Waals surface area contributed by atoms with Crippen LogP contribution in [0.2, 0.25) is 0 Å². The first-order valence-corrected chi connectivity index (χ1v) is 6.27. The molecule has 1 N–H and O–H groups in total. The van der Waals surface area contributed by atoms with Crippen LogP contribution in [-0.2, 0) is 5.41 Å². The van der Waals surface area contributed by atoms with Gasteiger partial charge in [0.2, 0.25) is 0 Å². The molecule has 0 spiro atoms. The molecule has 1 heteroatoms. The van der Waals surface area contributed by atoms with Gasteiger partial charge in [0.1, 0.15) is 5.75 Å². The summed E-state index contributed by atoms with van der Waals surface area (Å²) in [5.74, 6) is 0.419. The molecule has 0 bridgehead atoms. The van der Waals surface area contributed by atoms with E-state index < -0.39 is 0 Å². The zero-order valence-electron chi connectivity index (χ0n) is 10.8. The summed E-state index contributed by atoms with van der Waals surface area (Å²) >= 11 is 0. The summed E-state index contributed by atoms with van der Waals surface area (Å²) in [6.07, 6.45) is 2.21. The monoisotopic (exact) mass is 228 g/mol. The Morgan fingerprint density at radius 1 is 1.06 bits per heavy atom. The van der Waals surface area contributed by atoms with Crippen LogP contribution in [0, 0.1) is 0 Å². The van der Waals surface area contributed by atoms with Crippen molar-refractivity contribution in [3.8, 4) is 5.75 Å². The van der Waals surface area contributed by atoms with E-state index in [0.29, 0.717) is 5.75 Å². The van der Waals surface area contributed by atoms with E-state index in [1.54, 1.807) is 0 Å². The fourth-order valence-electron chi connectivity index (χ4n) is 2.53. The number of fused-ring (bicyclic) bond motifs is 1. The Hall–Kier alpha value is -1.50. The summed E-state index contributed by atoms with van der Waals surface area (Å²) in [5.41, 5.74) is 1.08. The van der Waals surface area contributed by atoms with Crippen molar-refractivity contribution < 1.29 is 5.11 Å². The Kier molecular flexibility index (Phi) is 3.10. The minimum Gasteiger partial charge on any atom is -0.508 e. The largest absolute Gasteiger partial charge is 0.508 e. The first kappa shape index (κ1) is 12.0. The van der Waals surface area contributed by atoms with Crippen LogP contribution in [0.1, 0.15) is 39.2 Å². The second-order valence-corrected chi connectivity index (χ2v) is 5.35. The first-order valence-electron chi connectivity index (χ1n) is 6.27. The van der Waals surface area contributed by atoms with Crippen molar-refractivity contribution >= 4 is 10.8 Å². The maximum atomic E-state index is 10.2. The van der Waals surface area contributed by atoms with Crippen LogP contribution in [0.4, 0.5) is 0 Å². The minimum absolute atomic E-state index is 0.0306. The minimum atomic E-state index is 0.0306. The molecule has 0 fully saturated rings. The summed E-state index contributed by atoms with van der Waals surface area (Å²) in [6, 6.07) is 12.2. The van der Waals surface area contributed by atoms with Crippen LogP contribution < -0.4 is 0 Å². The molecular weight excluding hydrogens is 208 g/mol. The van der Waals surface area contributed by atoms with Crippen molar-refractivity contribution in [1.82, 2.24) is 0 Å². The van der Waals surface area contributed by atoms with Crippen molar-refractivity contribution in [1.29, 1.82) is 0 Å². The Bertz CT molecular complexity index is 526. The van der Waals surface area contributed by atoms with Crippen LogP contribution in [0.3, 0.4) is 0 Å². The van der Waals surface area contributed by atoms with Crippen LogP contribution in [0.5, 0.6) is 5.75 Å². The number of phenols is 1. The van der Waals surface area contributed by atoms with Gasteiger partial charge in [0.05, 0.1) is 0 Å². The molecule has 0 aliphatic rings.